The van der Waals surface area contributed by atoms with E-state index in [1.807, 2.05) is 0 Å². The Morgan fingerprint density at radius 3 is 2.56 bits per heavy atom. The molecule has 1 amide bonds. The molecule has 1 saturated carbocycles. The van der Waals surface area contributed by atoms with Crippen molar-refractivity contribution in [1.82, 2.24) is 0 Å². The van der Waals surface area contributed by atoms with Gasteiger partial charge in [-0.05, 0) is 24.0 Å². The molecule has 1 aromatic rings. The number of primary amides is 1. The summed E-state index contributed by atoms with van der Waals surface area (Å²) in [6, 6.07) is 1.91. The second-order valence-corrected chi connectivity index (χ2v) is 4.29. The number of rotatable bonds is 3. The first-order valence-corrected chi connectivity index (χ1v) is 5.35. The molecule has 2 N–H and O–H groups in total. The molecule has 0 unspecified atom stereocenters. The quantitative estimate of drug-likeness (QED) is 0.843. The summed E-state index contributed by atoms with van der Waals surface area (Å²) in [4.78, 5) is 11.1. The first-order valence-electron chi connectivity index (χ1n) is 5.35. The zero-order valence-corrected chi connectivity index (χ0v) is 8.80. The highest BCUT2D eigenvalue weighted by atomic mass is 19.1. The van der Waals surface area contributed by atoms with Gasteiger partial charge in [0.05, 0.1) is 5.56 Å². The first kappa shape index (κ1) is 11.0. The fourth-order valence-corrected chi connectivity index (χ4v) is 2.07. The molecule has 1 aliphatic rings. The Bertz CT molecular complexity index is 427. The molecule has 86 valence electrons. The standard InChI is InChI=1S/C12H13F2NO/c13-9-5-8(4-7-2-1-3-7)11(12(15)16)10(14)6-9/h5-7H,1-4H2,(H2,15,16). The average Bonchev–Trinajstić information content (AvgIpc) is 2.09. The minimum Gasteiger partial charge on any atom is -0.365 e. The molecule has 0 aliphatic heterocycles. The molecule has 0 aromatic heterocycles. The van der Waals surface area contributed by atoms with Gasteiger partial charge >= 0.3 is 0 Å². The average molecular weight is 225 g/mol. The van der Waals surface area contributed by atoms with E-state index < -0.39 is 17.5 Å². The van der Waals surface area contributed by atoms with E-state index in [4.69, 9.17) is 5.73 Å². The summed E-state index contributed by atoms with van der Waals surface area (Å²) in [5.41, 5.74) is 5.34. The Balaban J connectivity index is 2.35. The summed E-state index contributed by atoms with van der Waals surface area (Å²) in [6.45, 7) is 0. The molecule has 1 aromatic carbocycles. The van der Waals surface area contributed by atoms with Gasteiger partial charge in [0.15, 0.2) is 0 Å². The molecule has 0 atom stereocenters. The Kier molecular flexibility index (Phi) is 2.90. The highest BCUT2D eigenvalue weighted by Gasteiger charge is 2.22. The summed E-state index contributed by atoms with van der Waals surface area (Å²) in [5, 5.41) is 0. The third-order valence-electron chi connectivity index (χ3n) is 3.12. The highest BCUT2D eigenvalue weighted by molar-refractivity contribution is 5.94. The third kappa shape index (κ3) is 2.05. The molecule has 1 fully saturated rings. The molecule has 0 saturated heterocycles. The number of carbonyl (C=O) groups is 1. The van der Waals surface area contributed by atoms with Crippen LogP contribution in [0.5, 0.6) is 0 Å². The fraction of sp³-hybridized carbons (Fsp3) is 0.417. The predicted octanol–water partition coefficient (Wildman–Crippen LogP) is 2.41. The van der Waals surface area contributed by atoms with Crippen LogP contribution in [-0.2, 0) is 6.42 Å². The molecule has 4 heteroatoms. The van der Waals surface area contributed by atoms with Crippen molar-refractivity contribution < 1.29 is 13.6 Å². The molecule has 16 heavy (non-hydrogen) atoms. The Morgan fingerprint density at radius 1 is 1.38 bits per heavy atom. The van der Waals surface area contributed by atoms with Crippen LogP contribution < -0.4 is 5.73 Å². The lowest BCUT2D eigenvalue weighted by Crippen LogP contribution is -2.20. The molecular formula is C12H13F2NO. The van der Waals surface area contributed by atoms with Crippen LogP contribution in [0.3, 0.4) is 0 Å². The van der Waals surface area contributed by atoms with E-state index in [2.05, 4.69) is 0 Å². The summed E-state index contributed by atoms with van der Waals surface area (Å²) in [6.07, 6.45) is 3.79. The smallest absolute Gasteiger partial charge is 0.251 e. The van der Waals surface area contributed by atoms with Gasteiger partial charge in [0.25, 0.3) is 5.91 Å². The van der Waals surface area contributed by atoms with Crippen LogP contribution in [0, 0.1) is 17.6 Å². The van der Waals surface area contributed by atoms with Crippen molar-refractivity contribution in [1.29, 1.82) is 0 Å². The van der Waals surface area contributed by atoms with Crippen molar-refractivity contribution in [2.24, 2.45) is 11.7 Å². The van der Waals surface area contributed by atoms with Gasteiger partial charge in [-0.25, -0.2) is 8.78 Å². The van der Waals surface area contributed by atoms with Crippen LogP contribution in [0.15, 0.2) is 12.1 Å². The van der Waals surface area contributed by atoms with Crippen molar-refractivity contribution >= 4 is 5.91 Å². The third-order valence-corrected chi connectivity index (χ3v) is 3.12. The van der Waals surface area contributed by atoms with Crippen molar-refractivity contribution in [3.63, 3.8) is 0 Å². The number of benzene rings is 1. The lowest BCUT2D eigenvalue weighted by Gasteiger charge is -2.26. The fourth-order valence-electron chi connectivity index (χ4n) is 2.07. The number of carbonyl (C=O) groups excluding carboxylic acids is 1. The molecule has 0 spiro atoms. The van der Waals surface area contributed by atoms with Gasteiger partial charge in [0, 0.05) is 6.07 Å². The molecule has 0 bridgehead atoms. The van der Waals surface area contributed by atoms with Crippen molar-refractivity contribution in [2.75, 3.05) is 0 Å². The lowest BCUT2D eigenvalue weighted by molar-refractivity contribution is 0.0995. The summed E-state index contributed by atoms with van der Waals surface area (Å²) in [7, 11) is 0. The zero-order valence-electron chi connectivity index (χ0n) is 8.80. The van der Waals surface area contributed by atoms with Gasteiger partial charge in [-0.15, -0.1) is 0 Å². The molecule has 2 rings (SSSR count). The largest absolute Gasteiger partial charge is 0.365 e. The molecule has 1 aliphatic carbocycles. The van der Waals surface area contributed by atoms with Gasteiger partial charge in [0.1, 0.15) is 11.6 Å². The lowest BCUT2D eigenvalue weighted by atomic mass is 9.80. The van der Waals surface area contributed by atoms with E-state index in [0.29, 0.717) is 24.0 Å². The topological polar surface area (TPSA) is 43.1 Å². The predicted molar refractivity (Wildman–Crippen MR) is 55.9 cm³/mol. The van der Waals surface area contributed by atoms with Crippen LogP contribution in [0.25, 0.3) is 0 Å². The maximum absolute atomic E-state index is 13.4. The van der Waals surface area contributed by atoms with E-state index in [9.17, 15) is 13.6 Å². The molecule has 0 radical (unpaired) electrons. The van der Waals surface area contributed by atoms with E-state index in [-0.39, 0.29) is 5.56 Å². The number of nitrogens with two attached hydrogens (primary N) is 1. The van der Waals surface area contributed by atoms with Crippen LogP contribution >= 0.6 is 0 Å². The minimum atomic E-state index is -0.859. The van der Waals surface area contributed by atoms with Crippen LogP contribution in [0.4, 0.5) is 8.78 Å². The number of halogens is 2. The first-order chi connectivity index (χ1) is 7.58. The van der Waals surface area contributed by atoms with Gasteiger partial charge in [-0.3, -0.25) is 4.79 Å². The highest BCUT2D eigenvalue weighted by Crippen LogP contribution is 2.31. The van der Waals surface area contributed by atoms with E-state index in [1.54, 1.807) is 0 Å². The second kappa shape index (κ2) is 4.20. The maximum Gasteiger partial charge on any atom is 0.251 e. The Labute approximate surface area is 92.4 Å². The van der Waals surface area contributed by atoms with Crippen LogP contribution in [-0.4, -0.2) is 5.91 Å². The number of hydrogen-bond donors (Lipinski definition) is 1. The van der Waals surface area contributed by atoms with E-state index >= 15 is 0 Å². The maximum atomic E-state index is 13.4. The van der Waals surface area contributed by atoms with Crippen LogP contribution in [0.2, 0.25) is 0 Å². The summed E-state index contributed by atoms with van der Waals surface area (Å²) >= 11 is 0. The SMILES string of the molecule is NC(=O)c1c(F)cc(F)cc1CC1CCC1. The number of amides is 1. The zero-order chi connectivity index (χ0) is 11.7. The number of hydrogen-bond acceptors (Lipinski definition) is 1. The summed E-state index contributed by atoms with van der Waals surface area (Å²) in [5.74, 6) is -1.91. The van der Waals surface area contributed by atoms with Crippen LogP contribution in [0.1, 0.15) is 35.2 Å². The van der Waals surface area contributed by atoms with Crippen molar-refractivity contribution in [3.05, 3.63) is 34.9 Å². The van der Waals surface area contributed by atoms with Gasteiger partial charge < -0.3 is 5.73 Å². The molecular weight excluding hydrogens is 212 g/mol. The molecule has 0 heterocycles. The summed E-state index contributed by atoms with van der Waals surface area (Å²) < 4.78 is 26.4. The monoisotopic (exact) mass is 225 g/mol. The second-order valence-electron chi connectivity index (χ2n) is 4.29. The van der Waals surface area contributed by atoms with Crippen molar-refractivity contribution in [3.8, 4) is 0 Å². The van der Waals surface area contributed by atoms with Crippen molar-refractivity contribution in [2.45, 2.75) is 25.7 Å². The van der Waals surface area contributed by atoms with E-state index in [1.165, 1.54) is 6.07 Å². The molecule has 2 nitrogen and oxygen atoms in total. The van der Waals surface area contributed by atoms with E-state index in [0.717, 1.165) is 19.3 Å². The normalized spacial score (nSPS) is 15.9. The van der Waals surface area contributed by atoms with Gasteiger partial charge in [-0.1, -0.05) is 19.3 Å². The Morgan fingerprint density at radius 2 is 2.06 bits per heavy atom. The van der Waals surface area contributed by atoms with Gasteiger partial charge in [-0.2, -0.15) is 0 Å². The minimum absolute atomic E-state index is 0.159. The van der Waals surface area contributed by atoms with Gasteiger partial charge in [0.2, 0.25) is 0 Å². The Hall–Kier alpha value is -1.45.